The van der Waals surface area contributed by atoms with Crippen LogP contribution in [0.4, 0.5) is 11.4 Å². The SMILES string of the molecule is CC1CCCC(CNc2ccc(C(=O)O)cc2[N+](=O)[O-])C1. The Morgan fingerprint density at radius 1 is 1.48 bits per heavy atom. The van der Waals surface area contributed by atoms with Crippen LogP contribution in [0.25, 0.3) is 0 Å². The normalized spacial score (nSPS) is 21.8. The molecule has 1 saturated carbocycles. The third kappa shape index (κ3) is 3.93. The fourth-order valence-electron chi connectivity index (χ4n) is 2.96. The molecular weight excluding hydrogens is 272 g/mol. The largest absolute Gasteiger partial charge is 0.478 e. The van der Waals surface area contributed by atoms with Gasteiger partial charge in [-0.25, -0.2) is 4.79 Å². The number of carboxylic acid groups (broad SMARTS) is 1. The lowest BCUT2D eigenvalue weighted by atomic mass is 9.82. The number of nitro groups is 1. The van der Waals surface area contributed by atoms with Crippen LogP contribution in [0.2, 0.25) is 0 Å². The van der Waals surface area contributed by atoms with Gasteiger partial charge in [0.15, 0.2) is 0 Å². The minimum atomic E-state index is -1.16. The van der Waals surface area contributed by atoms with E-state index in [1.165, 1.54) is 25.0 Å². The molecule has 2 rings (SSSR count). The molecule has 0 spiro atoms. The maximum Gasteiger partial charge on any atom is 0.335 e. The van der Waals surface area contributed by atoms with Gasteiger partial charge in [-0.1, -0.05) is 19.8 Å². The highest BCUT2D eigenvalue weighted by Crippen LogP contribution is 2.30. The molecule has 0 saturated heterocycles. The fraction of sp³-hybridized carbons (Fsp3) is 0.533. The summed E-state index contributed by atoms with van der Waals surface area (Å²) >= 11 is 0. The van der Waals surface area contributed by atoms with Crippen LogP contribution in [0, 0.1) is 22.0 Å². The Bertz CT molecular complexity index is 544. The van der Waals surface area contributed by atoms with Crippen molar-refractivity contribution < 1.29 is 14.8 Å². The molecular formula is C15H20N2O4. The van der Waals surface area contributed by atoms with Gasteiger partial charge in [0.05, 0.1) is 10.5 Å². The van der Waals surface area contributed by atoms with E-state index < -0.39 is 10.9 Å². The topological polar surface area (TPSA) is 92.5 Å². The first-order valence-electron chi connectivity index (χ1n) is 7.23. The minimum absolute atomic E-state index is 0.0708. The predicted molar refractivity (Wildman–Crippen MR) is 79.7 cm³/mol. The van der Waals surface area contributed by atoms with Crippen LogP contribution >= 0.6 is 0 Å². The molecule has 0 bridgehead atoms. The van der Waals surface area contributed by atoms with Gasteiger partial charge in [0, 0.05) is 12.6 Å². The van der Waals surface area contributed by atoms with Gasteiger partial charge in [-0.05, 0) is 36.8 Å². The smallest absolute Gasteiger partial charge is 0.335 e. The average molecular weight is 292 g/mol. The van der Waals surface area contributed by atoms with E-state index in [0.29, 0.717) is 24.1 Å². The first-order valence-corrected chi connectivity index (χ1v) is 7.23. The molecule has 1 aromatic carbocycles. The van der Waals surface area contributed by atoms with Crippen LogP contribution in [-0.2, 0) is 0 Å². The second-order valence-corrected chi connectivity index (χ2v) is 5.81. The third-order valence-corrected chi connectivity index (χ3v) is 4.07. The number of benzene rings is 1. The first-order chi connectivity index (χ1) is 9.97. The Balaban J connectivity index is 2.08. The van der Waals surface area contributed by atoms with Crippen LogP contribution in [0.3, 0.4) is 0 Å². The van der Waals surface area contributed by atoms with Gasteiger partial charge >= 0.3 is 5.97 Å². The fourth-order valence-corrected chi connectivity index (χ4v) is 2.96. The summed E-state index contributed by atoms with van der Waals surface area (Å²) in [5.41, 5.74) is 0.139. The Hall–Kier alpha value is -2.11. The lowest BCUT2D eigenvalue weighted by molar-refractivity contribution is -0.384. The molecule has 0 aromatic heterocycles. The van der Waals surface area contributed by atoms with Gasteiger partial charge in [-0.15, -0.1) is 0 Å². The number of carbonyl (C=O) groups is 1. The van der Waals surface area contributed by atoms with Crippen molar-refractivity contribution in [2.24, 2.45) is 11.8 Å². The van der Waals surface area contributed by atoms with E-state index in [2.05, 4.69) is 12.2 Å². The average Bonchev–Trinajstić information content (AvgIpc) is 2.44. The van der Waals surface area contributed by atoms with Gasteiger partial charge in [0.25, 0.3) is 5.69 Å². The monoisotopic (exact) mass is 292 g/mol. The van der Waals surface area contributed by atoms with Crippen molar-refractivity contribution in [3.05, 3.63) is 33.9 Å². The number of rotatable bonds is 5. The zero-order chi connectivity index (χ0) is 15.4. The summed E-state index contributed by atoms with van der Waals surface area (Å²) in [7, 11) is 0. The van der Waals surface area contributed by atoms with Crippen molar-refractivity contribution in [1.29, 1.82) is 0 Å². The van der Waals surface area contributed by atoms with Crippen LogP contribution in [0.1, 0.15) is 43.0 Å². The highest BCUT2D eigenvalue weighted by Gasteiger charge is 2.21. The summed E-state index contributed by atoms with van der Waals surface area (Å²) in [6.45, 7) is 2.92. The van der Waals surface area contributed by atoms with Crippen molar-refractivity contribution in [3.8, 4) is 0 Å². The van der Waals surface area contributed by atoms with Gasteiger partial charge in [0.1, 0.15) is 5.69 Å². The molecule has 6 nitrogen and oxygen atoms in total. The third-order valence-electron chi connectivity index (χ3n) is 4.07. The molecule has 114 valence electrons. The summed E-state index contributed by atoms with van der Waals surface area (Å²) < 4.78 is 0. The molecule has 2 atom stereocenters. The second kappa shape index (κ2) is 6.56. The van der Waals surface area contributed by atoms with Gasteiger partial charge < -0.3 is 10.4 Å². The molecule has 21 heavy (non-hydrogen) atoms. The molecule has 0 radical (unpaired) electrons. The summed E-state index contributed by atoms with van der Waals surface area (Å²) in [6, 6.07) is 3.98. The lowest BCUT2D eigenvalue weighted by Crippen LogP contribution is -2.21. The molecule has 2 N–H and O–H groups in total. The maximum absolute atomic E-state index is 11.1. The lowest BCUT2D eigenvalue weighted by Gasteiger charge is -2.27. The Morgan fingerprint density at radius 3 is 2.86 bits per heavy atom. The van der Waals surface area contributed by atoms with Crippen LogP contribution in [0.5, 0.6) is 0 Å². The molecule has 1 aromatic rings. The van der Waals surface area contributed by atoms with Gasteiger partial charge in [0.2, 0.25) is 0 Å². The molecule has 6 heteroatoms. The second-order valence-electron chi connectivity index (χ2n) is 5.81. The van der Waals surface area contributed by atoms with E-state index in [9.17, 15) is 14.9 Å². The molecule has 0 amide bonds. The van der Waals surface area contributed by atoms with Crippen LogP contribution in [-0.4, -0.2) is 22.5 Å². The molecule has 1 fully saturated rings. The molecule has 1 aliphatic rings. The van der Waals surface area contributed by atoms with Crippen LogP contribution in [0.15, 0.2) is 18.2 Å². The summed E-state index contributed by atoms with van der Waals surface area (Å²) in [5, 5.41) is 23.1. The van der Waals surface area contributed by atoms with Gasteiger partial charge in [-0.2, -0.15) is 0 Å². The number of hydrogen-bond donors (Lipinski definition) is 2. The van der Waals surface area contributed by atoms with E-state index in [0.717, 1.165) is 18.9 Å². The Kier molecular flexibility index (Phi) is 4.77. The quantitative estimate of drug-likeness (QED) is 0.639. The number of carboxylic acids is 1. The van der Waals surface area contributed by atoms with E-state index in [1.54, 1.807) is 0 Å². The number of hydrogen-bond acceptors (Lipinski definition) is 4. The van der Waals surface area contributed by atoms with Crippen molar-refractivity contribution in [2.75, 3.05) is 11.9 Å². The summed E-state index contributed by atoms with van der Waals surface area (Å²) in [5.74, 6) is 0.0631. The predicted octanol–water partition coefficient (Wildman–Crippen LogP) is 3.53. The number of nitrogens with one attached hydrogen (secondary N) is 1. The summed E-state index contributed by atoms with van der Waals surface area (Å²) in [4.78, 5) is 21.4. The molecule has 2 unspecified atom stereocenters. The highest BCUT2D eigenvalue weighted by molar-refractivity contribution is 5.89. The minimum Gasteiger partial charge on any atom is -0.478 e. The first kappa shape index (κ1) is 15.3. The zero-order valence-corrected chi connectivity index (χ0v) is 12.0. The molecule has 0 heterocycles. The Morgan fingerprint density at radius 2 is 2.24 bits per heavy atom. The number of nitrogens with zero attached hydrogens (tertiary/aromatic N) is 1. The van der Waals surface area contributed by atoms with Crippen LogP contribution < -0.4 is 5.32 Å². The number of nitro benzene ring substituents is 1. The number of anilines is 1. The summed E-state index contributed by atoms with van der Waals surface area (Å²) in [6.07, 6.45) is 4.73. The Labute approximate surface area is 123 Å². The molecule has 0 aliphatic heterocycles. The standard InChI is InChI=1S/C15H20N2O4/c1-10-3-2-4-11(7-10)9-16-13-6-5-12(15(18)19)8-14(13)17(20)21/h5-6,8,10-11,16H,2-4,7,9H2,1H3,(H,18,19). The number of aromatic carboxylic acids is 1. The highest BCUT2D eigenvalue weighted by atomic mass is 16.6. The van der Waals surface area contributed by atoms with E-state index in [4.69, 9.17) is 5.11 Å². The van der Waals surface area contributed by atoms with E-state index in [-0.39, 0.29) is 11.3 Å². The van der Waals surface area contributed by atoms with Crippen molar-refractivity contribution >= 4 is 17.3 Å². The van der Waals surface area contributed by atoms with Gasteiger partial charge in [-0.3, -0.25) is 10.1 Å². The zero-order valence-electron chi connectivity index (χ0n) is 12.0. The van der Waals surface area contributed by atoms with E-state index in [1.807, 2.05) is 0 Å². The van der Waals surface area contributed by atoms with Crippen molar-refractivity contribution in [3.63, 3.8) is 0 Å². The molecule has 1 aliphatic carbocycles. The van der Waals surface area contributed by atoms with E-state index >= 15 is 0 Å². The van der Waals surface area contributed by atoms with Crippen molar-refractivity contribution in [2.45, 2.75) is 32.6 Å². The maximum atomic E-state index is 11.1. The van der Waals surface area contributed by atoms with Crippen molar-refractivity contribution in [1.82, 2.24) is 0 Å².